The van der Waals surface area contributed by atoms with E-state index in [1.165, 1.54) is 0 Å². The number of hydrogen-bond donors (Lipinski definition) is 1. The van der Waals surface area contributed by atoms with Gasteiger partial charge in [-0.2, -0.15) is 0 Å². The van der Waals surface area contributed by atoms with Crippen LogP contribution in [0.1, 0.15) is 37.7 Å². The molecular weight excluding hydrogens is 204 g/mol. The van der Waals surface area contributed by atoms with Crippen LogP contribution in [0.2, 0.25) is 0 Å². The van der Waals surface area contributed by atoms with Crippen molar-refractivity contribution in [3.8, 4) is 0 Å². The number of hydrogen-bond acceptors (Lipinski definition) is 3. The molecule has 1 aromatic rings. The van der Waals surface area contributed by atoms with E-state index < -0.39 is 0 Å². The average molecular weight is 224 g/mol. The van der Waals surface area contributed by atoms with Gasteiger partial charge in [0.15, 0.2) is 0 Å². The summed E-state index contributed by atoms with van der Waals surface area (Å²) in [6.07, 6.45) is 2.50. The molecule has 0 fully saturated rings. The van der Waals surface area contributed by atoms with Gasteiger partial charge in [-0.3, -0.25) is 0 Å². The number of nitrogens with two attached hydrogens (primary N) is 1. The van der Waals surface area contributed by atoms with Crippen LogP contribution in [-0.4, -0.2) is 16.6 Å². The maximum absolute atomic E-state index is 11.8. The summed E-state index contributed by atoms with van der Waals surface area (Å²) in [5.41, 5.74) is 6.67. The van der Waals surface area contributed by atoms with Gasteiger partial charge in [0.05, 0.1) is 11.8 Å². The Morgan fingerprint density at radius 2 is 2.12 bits per heavy atom. The minimum atomic E-state index is -0.313. The molecule has 0 aromatic carbocycles. The number of esters is 1. The zero-order valence-corrected chi connectivity index (χ0v) is 10.4. The quantitative estimate of drug-likeness (QED) is 0.798. The second-order valence-electron chi connectivity index (χ2n) is 4.62. The minimum Gasteiger partial charge on any atom is -0.458 e. The molecule has 0 bridgehead atoms. The molecular formula is C12H20N2O2. The Morgan fingerprint density at radius 3 is 2.56 bits per heavy atom. The molecule has 1 aromatic heterocycles. The third kappa shape index (κ3) is 3.29. The highest BCUT2D eigenvalue weighted by atomic mass is 16.5. The molecule has 0 aliphatic rings. The summed E-state index contributed by atoms with van der Waals surface area (Å²) in [7, 11) is 1.78. The van der Waals surface area contributed by atoms with Crippen molar-refractivity contribution in [3.05, 3.63) is 18.0 Å². The Bertz CT molecular complexity index is 369. The molecule has 1 atom stereocenters. The van der Waals surface area contributed by atoms with Crippen molar-refractivity contribution in [2.45, 2.75) is 33.3 Å². The van der Waals surface area contributed by atoms with E-state index in [9.17, 15) is 4.79 Å². The zero-order chi connectivity index (χ0) is 12.3. The lowest BCUT2D eigenvalue weighted by molar-refractivity contribution is 0.0288. The van der Waals surface area contributed by atoms with E-state index in [2.05, 4.69) is 13.8 Å². The fraction of sp³-hybridized carbons (Fsp3) is 0.583. The summed E-state index contributed by atoms with van der Waals surface area (Å²) in [6, 6.07) is 1.63. The molecule has 1 unspecified atom stereocenters. The van der Waals surface area contributed by atoms with Gasteiger partial charge in [0.25, 0.3) is 0 Å². The van der Waals surface area contributed by atoms with E-state index in [-0.39, 0.29) is 12.1 Å². The number of nitrogen functional groups attached to an aromatic ring is 1. The van der Waals surface area contributed by atoms with Crippen LogP contribution in [0.3, 0.4) is 0 Å². The number of rotatable bonds is 4. The van der Waals surface area contributed by atoms with E-state index >= 15 is 0 Å². The molecule has 0 saturated heterocycles. The first-order valence-corrected chi connectivity index (χ1v) is 5.53. The lowest BCUT2D eigenvalue weighted by Crippen LogP contribution is -2.18. The lowest BCUT2D eigenvalue weighted by Gasteiger charge is -2.15. The molecule has 0 amide bonds. The van der Waals surface area contributed by atoms with Crippen LogP contribution in [0.4, 0.5) is 5.69 Å². The highest BCUT2D eigenvalue weighted by Gasteiger charge is 2.16. The highest BCUT2D eigenvalue weighted by Crippen LogP contribution is 2.13. The van der Waals surface area contributed by atoms with Crippen molar-refractivity contribution in [2.24, 2.45) is 13.0 Å². The molecule has 0 radical (unpaired) electrons. The van der Waals surface area contributed by atoms with Crippen LogP contribution < -0.4 is 5.73 Å². The van der Waals surface area contributed by atoms with Crippen molar-refractivity contribution < 1.29 is 9.53 Å². The van der Waals surface area contributed by atoms with Crippen LogP contribution in [0.15, 0.2) is 12.3 Å². The van der Waals surface area contributed by atoms with Gasteiger partial charge in [-0.1, -0.05) is 13.8 Å². The van der Waals surface area contributed by atoms with Crippen LogP contribution in [0.5, 0.6) is 0 Å². The van der Waals surface area contributed by atoms with E-state index in [1.807, 2.05) is 6.92 Å². The fourth-order valence-electron chi connectivity index (χ4n) is 1.75. The standard InChI is InChI=1S/C12H20N2O2/c1-8(2)5-9(3)16-12(15)11-6-10(13)7-14(11)4/h6-9H,5,13H2,1-4H3. The van der Waals surface area contributed by atoms with Crippen LogP contribution in [-0.2, 0) is 11.8 Å². The van der Waals surface area contributed by atoms with Crippen LogP contribution >= 0.6 is 0 Å². The van der Waals surface area contributed by atoms with Crippen LogP contribution in [0.25, 0.3) is 0 Å². The normalized spacial score (nSPS) is 12.8. The molecule has 4 nitrogen and oxygen atoms in total. The first kappa shape index (κ1) is 12.6. The Hall–Kier alpha value is -1.45. The van der Waals surface area contributed by atoms with Gasteiger partial charge in [0.1, 0.15) is 5.69 Å². The molecule has 90 valence electrons. The molecule has 0 aliphatic heterocycles. The zero-order valence-electron chi connectivity index (χ0n) is 10.4. The fourth-order valence-corrected chi connectivity index (χ4v) is 1.75. The van der Waals surface area contributed by atoms with E-state index in [0.717, 1.165) is 6.42 Å². The number of aromatic nitrogens is 1. The molecule has 16 heavy (non-hydrogen) atoms. The van der Waals surface area contributed by atoms with E-state index in [0.29, 0.717) is 17.3 Å². The van der Waals surface area contributed by atoms with E-state index in [4.69, 9.17) is 10.5 Å². The Balaban J connectivity index is 2.62. The van der Waals surface area contributed by atoms with Gasteiger partial charge in [-0.25, -0.2) is 4.79 Å². The van der Waals surface area contributed by atoms with Gasteiger partial charge in [-0.05, 0) is 25.3 Å². The third-order valence-electron chi connectivity index (χ3n) is 2.35. The molecule has 1 heterocycles. The predicted molar refractivity (Wildman–Crippen MR) is 64.2 cm³/mol. The first-order chi connectivity index (χ1) is 7.40. The number of nitrogens with zero attached hydrogens (tertiary/aromatic N) is 1. The molecule has 0 saturated carbocycles. The number of aryl methyl sites for hydroxylation is 1. The molecule has 1 rings (SSSR count). The SMILES string of the molecule is CC(C)CC(C)OC(=O)c1cc(N)cn1C. The van der Waals surface area contributed by atoms with E-state index in [1.54, 1.807) is 23.9 Å². The van der Waals surface area contributed by atoms with Crippen molar-refractivity contribution >= 4 is 11.7 Å². The number of carbonyl (C=O) groups excluding carboxylic acids is 1. The number of anilines is 1. The summed E-state index contributed by atoms with van der Waals surface area (Å²) < 4.78 is 7.01. The van der Waals surface area contributed by atoms with Crippen molar-refractivity contribution in [3.63, 3.8) is 0 Å². The second-order valence-corrected chi connectivity index (χ2v) is 4.62. The van der Waals surface area contributed by atoms with Gasteiger partial charge >= 0.3 is 5.97 Å². The Morgan fingerprint density at radius 1 is 1.50 bits per heavy atom. The summed E-state index contributed by atoms with van der Waals surface area (Å²) in [5, 5.41) is 0. The Labute approximate surface area is 96.4 Å². The maximum atomic E-state index is 11.8. The highest BCUT2D eigenvalue weighted by molar-refractivity contribution is 5.89. The lowest BCUT2D eigenvalue weighted by atomic mass is 10.1. The molecule has 4 heteroatoms. The summed E-state index contributed by atoms with van der Waals surface area (Å²) in [6.45, 7) is 6.11. The largest absolute Gasteiger partial charge is 0.458 e. The average Bonchev–Trinajstić information content (AvgIpc) is 2.43. The van der Waals surface area contributed by atoms with Crippen LogP contribution in [0, 0.1) is 5.92 Å². The first-order valence-electron chi connectivity index (χ1n) is 5.53. The minimum absolute atomic E-state index is 0.0661. The monoisotopic (exact) mass is 224 g/mol. The molecule has 2 N–H and O–H groups in total. The second kappa shape index (κ2) is 5.05. The van der Waals surface area contributed by atoms with Gasteiger partial charge in [0, 0.05) is 13.2 Å². The van der Waals surface area contributed by atoms with Gasteiger partial charge in [0.2, 0.25) is 0 Å². The molecule has 0 spiro atoms. The summed E-state index contributed by atoms with van der Waals surface area (Å²) in [4.78, 5) is 11.8. The third-order valence-corrected chi connectivity index (χ3v) is 2.35. The Kier molecular flexibility index (Phi) is 3.99. The van der Waals surface area contributed by atoms with Gasteiger partial charge < -0.3 is 15.0 Å². The predicted octanol–water partition coefficient (Wildman–Crippen LogP) is 2.20. The summed E-state index contributed by atoms with van der Waals surface area (Å²) >= 11 is 0. The van der Waals surface area contributed by atoms with Crippen molar-refractivity contribution in [2.75, 3.05) is 5.73 Å². The van der Waals surface area contributed by atoms with Crippen molar-refractivity contribution in [1.29, 1.82) is 0 Å². The maximum Gasteiger partial charge on any atom is 0.355 e. The molecule has 0 aliphatic carbocycles. The van der Waals surface area contributed by atoms with Crippen molar-refractivity contribution in [1.82, 2.24) is 4.57 Å². The smallest absolute Gasteiger partial charge is 0.355 e. The summed E-state index contributed by atoms with van der Waals surface area (Å²) in [5.74, 6) is 0.202. The van der Waals surface area contributed by atoms with Gasteiger partial charge in [-0.15, -0.1) is 0 Å². The number of ether oxygens (including phenoxy) is 1. The topological polar surface area (TPSA) is 57.2 Å². The number of carbonyl (C=O) groups is 1.